The normalized spacial score (nSPS) is 16.9. The fourth-order valence-electron chi connectivity index (χ4n) is 1.93. The van der Waals surface area contributed by atoms with Crippen molar-refractivity contribution < 1.29 is 9.32 Å². The van der Waals surface area contributed by atoms with Crippen LogP contribution in [-0.2, 0) is 11.2 Å². The molecule has 1 saturated heterocycles. The zero-order valence-electron chi connectivity index (χ0n) is 9.53. The minimum Gasteiger partial charge on any atom is -0.361 e. The summed E-state index contributed by atoms with van der Waals surface area (Å²) >= 11 is 0. The predicted octanol–water partition coefficient (Wildman–Crippen LogP) is 2.05. The first-order chi connectivity index (χ1) is 7.66. The van der Waals surface area contributed by atoms with E-state index in [1.165, 1.54) is 0 Å². The van der Waals surface area contributed by atoms with Gasteiger partial charge in [-0.3, -0.25) is 4.79 Å². The highest BCUT2D eigenvalue weighted by Crippen LogP contribution is 2.20. The molecule has 0 atom stereocenters. The van der Waals surface area contributed by atoms with Gasteiger partial charge in [-0.2, -0.15) is 0 Å². The van der Waals surface area contributed by atoms with Gasteiger partial charge in [0.2, 0.25) is 5.91 Å². The molecular weight excluding hydrogens is 204 g/mol. The first-order valence-corrected chi connectivity index (χ1v) is 5.57. The Kier molecular flexibility index (Phi) is 3.08. The number of rotatable bonds is 3. The largest absolute Gasteiger partial charge is 0.361 e. The van der Waals surface area contributed by atoms with Crippen LogP contribution < -0.4 is 0 Å². The number of nitrogens with zero attached hydrogens (tertiary/aromatic N) is 2. The third-order valence-electron chi connectivity index (χ3n) is 2.80. The standard InChI is InChI=1S/C12H16N2O2/c1-9-8-11(16-13-9)6-7-14-10(2)4-3-5-12(14)15/h8H,2-7H2,1H3. The second kappa shape index (κ2) is 4.51. The second-order valence-electron chi connectivity index (χ2n) is 4.15. The maximum Gasteiger partial charge on any atom is 0.226 e. The maximum atomic E-state index is 11.7. The first kappa shape index (κ1) is 10.9. The van der Waals surface area contributed by atoms with Crippen molar-refractivity contribution in [2.75, 3.05) is 6.54 Å². The fraction of sp³-hybridized carbons (Fsp3) is 0.500. The van der Waals surface area contributed by atoms with Gasteiger partial charge in [-0.15, -0.1) is 0 Å². The van der Waals surface area contributed by atoms with E-state index in [0.717, 1.165) is 30.0 Å². The lowest BCUT2D eigenvalue weighted by molar-refractivity contribution is -0.130. The third-order valence-corrected chi connectivity index (χ3v) is 2.80. The number of likely N-dealkylation sites (tertiary alicyclic amines) is 1. The van der Waals surface area contributed by atoms with Crippen LogP contribution in [0.5, 0.6) is 0 Å². The SMILES string of the molecule is C=C1CCCC(=O)N1CCc1cc(C)no1. The van der Waals surface area contributed by atoms with Crippen LogP contribution in [0.15, 0.2) is 22.9 Å². The number of aryl methyl sites for hydroxylation is 1. The highest BCUT2D eigenvalue weighted by Gasteiger charge is 2.21. The highest BCUT2D eigenvalue weighted by molar-refractivity contribution is 5.79. The van der Waals surface area contributed by atoms with Gasteiger partial charge < -0.3 is 9.42 Å². The molecule has 0 unspecified atom stereocenters. The van der Waals surface area contributed by atoms with Crippen molar-refractivity contribution >= 4 is 5.91 Å². The molecule has 0 N–H and O–H groups in total. The Morgan fingerprint density at radius 3 is 3.00 bits per heavy atom. The molecule has 2 rings (SSSR count). The molecule has 0 bridgehead atoms. The van der Waals surface area contributed by atoms with E-state index in [1.807, 2.05) is 13.0 Å². The van der Waals surface area contributed by atoms with Crippen LogP contribution in [0.4, 0.5) is 0 Å². The van der Waals surface area contributed by atoms with Crippen LogP contribution in [0.3, 0.4) is 0 Å². The summed E-state index contributed by atoms with van der Waals surface area (Å²) in [5, 5.41) is 3.82. The maximum absolute atomic E-state index is 11.7. The quantitative estimate of drug-likeness (QED) is 0.783. The molecule has 4 heteroatoms. The lowest BCUT2D eigenvalue weighted by Gasteiger charge is -2.28. The Labute approximate surface area is 94.9 Å². The number of piperidine rings is 1. The van der Waals surface area contributed by atoms with E-state index in [-0.39, 0.29) is 5.91 Å². The topological polar surface area (TPSA) is 46.3 Å². The second-order valence-corrected chi connectivity index (χ2v) is 4.15. The van der Waals surface area contributed by atoms with E-state index < -0.39 is 0 Å². The summed E-state index contributed by atoms with van der Waals surface area (Å²) in [6.07, 6.45) is 3.18. The van der Waals surface area contributed by atoms with Crippen molar-refractivity contribution in [2.45, 2.75) is 32.6 Å². The molecule has 2 heterocycles. The van der Waals surface area contributed by atoms with Crippen LogP contribution in [0.1, 0.15) is 30.7 Å². The van der Waals surface area contributed by atoms with Gasteiger partial charge in [0.15, 0.2) is 0 Å². The molecule has 1 aliphatic heterocycles. The van der Waals surface area contributed by atoms with Gasteiger partial charge in [0.1, 0.15) is 5.76 Å². The van der Waals surface area contributed by atoms with Crippen molar-refractivity contribution in [3.8, 4) is 0 Å². The summed E-state index contributed by atoms with van der Waals surface area (Å²) in [5.74, 6) is 0.996. The van der Waals surface area contributed by atoms with Crippen LogP contribution in [-0.4, -0.2) is 22.5 Å². The predicted molar refractivity (Wildman–Crippen MR) is 59.6 cm³/mol. The van der Waals surface area contributed by atoms with Crippen molar-refractivity contribution in [3.05, 3.63) is 29.8 Å². The van der Waals surface area contributed by atoms with E-state index in [9.17, 15) is 4.79 Å². The Hall–Kier alpha value is -1.58. The zero-order chi connectivity index (χ0) is 11.5. The molecule has 16 heavy (non-hydrogen) atoms. The Bertz CT molecular complexity index is 393. The van der Waals surface area contributed by atoms with Crippen LogP contribution in [0, 0.1) is 6.92 Å². The summed E-state index contributed by atoms with van der Waals surface area (Å²) in [5.41, 5.74) is 1.80. The van der Waals surface area contributed by atoms with Crippen molar-refractivity contribution in [2.24, 2.45) is 0 Å². The van der Waals surface area contributed by atoms with E-state index in [4.69, 9.17) is 4.52 Å². The molecule has 1 fully saturated rings. The van der Waals surface area contributed by atoms with Crippen LogP contribution in [0.25, 0.3) is 0 Å². The number of carbonyl (C=O) groups excluding carboxylic acids is 1. The van der Waals surface area contributed by atoms with Gasteiger partial charge in [-0.1, -0.05) is 11.7 Å². The minimum absolute atomic E-state index is 0.174. The van der Waals surface area contributed by atoms with E-state index in [2.05, 4.69) is 11.7 Å². The van der Waals surface area contributed by atoms with Gasteiger partial charge >= 0.3 is 0 Å². The van der Waals surface area contributed by atoms with Crippen molar-refractivity contribution in [3.63, 3.8) is 0 Å². The molecule has 1 aromatic heterocycles. The third kappa shape index (κ3) is 2.32. The monoisotopic (exact) mass is 220 g/mol. The lowest BCUT2D eigenvalue weighted by atomic mass is 10.1. The van der Waals surface area contributed by atoms with E-state index >= 15 is 0 Å². The molecule has 0 radical (unpaired) electrons. The molecule has 1 aromatic rings. The Morgan fingerprint density at radius 2 is 2.38 bits per heavy atom. The number of carbonyl (C=O) groups is 1. The molecule has 0 saturated carbocycles. The van der Waals surface area contributed by atoms with Crippen molar-refractivity contribution in [1.29, 1.82) is 0 Å². The molecular formula is C12H16N2O2. The van der Waals surface area contributed by atoms with Gasteiger partial charge in [0.05, 0.1) is 5.69 Å². The zero-order valence-corrected chi connectivity index (χ0v) is 9.53. The van der Waals surface area contributed by atoms with E-state index in [0.29, 0.717) is 19.4 Å². The lowest BCUT2D eigenvalue weighted by Crippen LogP contribution is -2.34. The highest BCUT2D eigenvalue weighted by atomic mass is 16.5. The number of hydrogen-bond acceptors (Lipinski definition) is 3. The fourth-order valence-corrected chi connectivity index (χ4v) is 1.93. The Morgan fingerprint density at radius 1 is 1.56 bits per heavy atom. The Balaban J connectivity index is 1.93. The molecule has 0 spiro atoms. The summed E-state index contributed by atoms with van der Waals surface area (Å²) in [6, 6.07) is 1.90. The summed E-state index contributed by atoms with van der Waals surface area (Å²) in [7, 11) is 0. The van der Waals surface area contributed by atoms with Crippen LogP contribution >= 0.6 is 0 Å². The van der Waals surface area contributed by atoms with Gasteiger partial charge in [0.25, 0.3) is 0 Å². The molecule has 0 aromatic carbocycles. The number of aromatic nitrogens is 1. The average molecular weight is 220 g/mol. The molecule has 0 aliphatic carbocycles. The first-order valence-electron chi connectivity index (χ1n) is 5.57. The van der Waals surface area contributed by atoms with Gasteiger partial charge in [-0.05, 0) is 19.8 Å². The summed E-state index contributed by atoms with van der Waals surface area (Å²) in [4.78, 5) is 13.4. The number of amides is 1. The molecule has 86 valence electrons. The molecule has 1 aliphatic rings. The van der Waals surface area contributed by atoms with Crippen LogP contribution in [0.2, 0.25) is 0 Å². The smallest absolute Gasteiger partial charge is 0.226 e. The van der Waals surface area contributed by atoms with Gasteiger partial charge in [0, 0.05) is 31.1 Å². The van der Waals surface area contributed by atoms with Gasteiger partial charge in [-0.25, -0.2) is 0 Å². The number of allylic oxidation sites excluding steroid dienone is 1. The molecule has 1 amide bonds. The average Bonchev–Trinajstić information content (AvgIpc) is 2.63. The summed E-state index contributed by atoms with van der Waals surface area (Å²) in [6.45, 7) is 6.45. The van der Waals surface area contributed by atoms with Crippen molar-refractivity contribution in [1.82, 2.24) is 10.1 Å². The summed E-state index contributed by atoms with van der Waals surface area (Å²) < 4.78 is 5.11. The minimum atomic E-state index is 0.174. The van der Waals surface area contributed by atoms with E-state index in [1.54, 1.807) is 4.90 Å². The molecule has 4 nitrogen and oxygen atoms in total. The number of hydrogen-bond donors (Lipinski definition) is 0.